The quantitative estimate of drug-likeness (QED) is 0.0599. The average molecular weight is 1120 g/mol. The highest BCUT2D eigenvalue weighted by Crippen LogP contribution is 2.25. The van der Waals surface area contributed by atoms with Gasteiger partial charge in [-0.2, -0.15) is 0 Å². The third kappa shape index (κ3) is 21.5. The number of rotatable bonds is 32. The van der Waals surface area contributed by atoms with E-state index in [1.54, 1.807) is 60.6 Å². The highest BCUT2D eigenvalue weighted by Gasteiger charge is 2.45. The van der Waals surface area contributed by atoms with Gasteiger partial charge >= 0.3 is 0 Å². The molecule has 0 saturated heterocycles. The Labute approximate surface area is 471 Å². The number of nitrogens with one attached hydrogen (secondary N) is 3. The third-order valence-electron chi connectivity index (χ3n) is 14.7. The lowest BCUT2D eigenvalue weighted by Gasteiger charge is -2.41. The van der Waals surface area contributed by atoms with Crippen molar-refractivity contribution in [1.29, 1.82) is 0 Å². The molecule has 0 saturated carbocycles. The number of nitrogens with two attached hydrogens (primary N) is 1. The van der Waals surface area contributed by atoms with Gasteiger partial charge in [0.05, 0.1) is 19.2 Å². The van der Waals surface area contributed by atoms with Gasteiger partial charge in [0.25, 0.3) is 0 Å². The van der Waals surface area contributed by atoms with Crippen LogP contribution in [0.1, 0.15) is 130 Å². The molecule has 0 rings (SSSR count). The van der Waals surface area contributed by atoms with E-state index in [4.69, 9.17) is 5.73 Å². The normalized spacial score (nSPS) is 15.8. The monoisotopic (exact) mass is 1120 g/mol. The lowest BCUT2D eigenvalue weighted by atomic mass is 9.91. The van der Waals surface area contributed by atoms with E-state index in [0.717, 1.165) is 14.7 Å². The maximum atomic E-state index is 15.0. The molecule has 0 aromatic heterocycles. The number of nitrogens with zero attached hydrogens (tertiary/aromatic N) is 7. The zero-order valence-electron chi connectivity index (χ0n) is 51.7. The van der Waals surface area contributed by atoms with Gasteiger partial charge in [0.2, 0.25) is 65.0 Å². The van der Waals surface area contributed by atoms with E-state index < -0.39 is 132 Å². The van der Waals surface area contributed by atoms with Crippen molar-refractivity contribution in [1.82, 2.24) is 50.2 Å². The minimum atomic E-state index is -1.59. The van der Waals surface area contributed by atoms with E-state index >= 15 is 0 Å². The van der Waals surface area contributed by atoms with Gasteiger partial charge in [0, 0.05) is 55.3 Å². The van der Waals surface area contributed by atoms with Crippen LogP contribution in [0.5, 0.6) is 0 Å². The molecule has 0 radical (unpaired) electrons. The number of likely N-dealkylation sites (N-methyl/N-ethyl adjacent to an activating group) is 7. The summed E-state index contributed by atoms with van der Waals surface area (Å²) in [5.74, 6) is -8.63. The fourth-order valence-corrected chi connectivity index (χ4v) is 8.92. The summed E-state index contributed by atoms with van der Waals surface area (Å²) in [6, 6.07) is -9.50. The van der Waals surface area contributed by atoms with Crippen molar-refractivity contribution in [2.75, 3.05) is 62.4 Å². The minimum absolute atomic E-state index is 0.0462. The van der Waals surface area contributed by atoms with E-state index in [0.29, 0.717) is 6.42 Å². The Morgan fingerprint density at radius 3 is 1.42 bits per heavy atom. The maximum Gasteiger partial charge on any atom is 0.246 e. The number of allylic oxidation sites excluding steroid dienone is 2. The number of carbonyl (C=O) groups is 11. The van der Waals surface area contributed by atoms with Crippen LogP contribution in [0.3, 0.4) is 0 Å². The summed E-state index contributed by atoms with van der Waals surface area (Å²) in [5.41, 5.74) is 5.23. The molecule has 452 valence electrons. The van der Waals surface area contributed by atoms with Crippen LogP contribution in [0.2, 0.25) is 0 Å². The second-order valence-corrected chi connectivity index (χ2v) is 23.0. The lowest BCUT2D eigenvalue weighted by Crippen LogP contribution is -2.63. The molecule has 23 heteroatoms. The zero-order chi connectivity index (χ0) is 61.8. The smallest absolute Gasteiger partial charge is 0.246 e. The number of aliphatic hydroxyl groups excluding tert-OH is 1. The highest BCUT2D eigenvalue weighted by atomic mass is 16.3. The molecule has 0 aliphatic heterocycles. The summed E-state index contributed by atoms with van der Waals surface area (Å²) in [5, 5.41) is 19.8. The molecule has 23 nitrogen and oxygen atoms in total. The summed E-state index contributed by atoms with van der Waals surface area (Å²) >= 11 is 0. The number of amides is 11. The van der Waals surface area contributed by atoms with Gasteiger partial charge in [0.1, 0.15) is 48.3 Å². The standard InChI is InChI=1S/C56H101N11O12/c1-23-25-26-35(11)47(70)46(50(73)60-40(24-2)53(76)62(17)30-44(69)61(16)29-43(57)68)67(22)56(79)45(34(9)10)66(21)55(78)42(28-32(5)6)65(20)54(77)41(27-31(3)4)64(19)52(75)38(14)59-48(71)37(13)58-49(72)39(15)63(18)51(74)36(12)33(7)8/h23,25,31-42,45-47,70H,24,26-30H2,1-22H3,(H2,57,68)(H,58,72)(H,59,71)(H,60,73)/b25-23+/t35-,36-,37-,38+,39-,40-,41-,42-,45-,46?,47+/m1/s1. The van der Waals surface area contributed by atoms with Crippen molar-refractivity contribution in [2.24, 2.45) is 41.2 Å². The van der Waals surface area contributed by atoms with Crippen LogP contribution in [0.25, 0.3) is 0 Å². The van der Waals surface area contributed by atoms with E-state index in [2.05, 4.69) is 16.0 Å². The SMILES string of the molecule is C/C=C/C[C@@H](C)[C@H](O)C(C(=O)N[C@H](CC)C(=O)N(C)CC(=O)N(C)CC(N)=O)N(C)C(=O)[C@@H](C(C)C)N(C)C(=O)[C@@H](CC(C)C)N(C)C(=O)[C@@H](CC(C)C)N(C)C(=O)[C@H](C)NC(=O)[C@@H](C)NC(=O)[C@@H](C)N(C)C(=O)[C@H](C)C(C)C. The van der Waals surface area contributed by atoms with Crippen LogP contribution in [0, 0.1) is 35.5 Å². The van der Waals surface area contributed by atoms with E-state index in [1.807, 2.05) is 41.5 Å². The summed E-state index contributed by atoms with van der Waals surface area (Å²) in [7, 11) is 9.87. The molecule has 0 heterocycles. The molecule has 0 spiro atoms. The predicted molar refractivity (Wildman–Crippen MR) is 303 cm³/mol. The third-order valence-corrected chi connectivity index (χ3v) is 14.7. The molecular weight excluding hydrogens is 1020 g/mol. The first-order chi connectivity index (χ1) is 36.3. The average Bonchev–Trinajstić information content (AvgIpc) is 3.37. The first kappa shape index (κ1) is 72.9. The number of carbonyl (C=O) groups excluding carboxylic acids is 11. The molecular formula is C56H101N11O12. The summed E-state index contributed by atoms with van der Waals surface area (Å²) < 4.78 is 0. The molecule has 1 unspecified atom stereocenters. The van der Waals surface area contributed by atoms with Crippen molar-refractivity contribution in [3.8, 4) is 0 Å². The van der Waals surface area contributed by atoms with Gasteiger partial charge in [-0.25, -0.2) is 0 Å². The fraction of sp³-hybridized carbons (Fsp3) is 0.768. The van der Waals surface area contributed by atoms with Gasteiger partial charge in [-0.05, 0) is 83.0 Å². The van der Waals surface area contributed by atoms with E-state index in [9.17, 15) is 57.8 Å². The van der Waals surface area contributed by atoms with Crippen LogP contribution in [-0.4, -0.2) is 221 Å². The molecule has 0 aromatic rings. The lowest BCUT2D eigenvalue weighted by molar-refractivity contribution is -0.157. The Bertz CT molecular complexity index is 2140. The van der Waals surface area contributed by atoms with Crippen molar-refractivity contribution in [2.45, 2.75) is 184 Å². The van der Waals surface area contributed by atoms with Gasteiger partial charge in [-0.3, -0.25) is 52.7 Å². The predicted octanol–water partition coefficient (Wildman–Crippen LogP) is 1.45. The Kier molecular flexibility index (Phi) is 30.9. The molecule has 11 atom stereocenters. The Balaban J connectivity index is 6.94. The Morgan fingerprint density at radius 2 is 0.975 bits per heavy atom. The van der Waals surface area contributed by atoms with E-state index in [-0.39, 0.29) is 55.4 Å². The Morgan fingerprint density at radius 1 is 0.506 bits per heavy atom. The molecule has 79 heavy (non-hydrogen) atoms. The topological polar surface area (TPSA) is 293 Å². The van der Waals surface area contributed by atoms with Gasteiger partial charge < -0.3 is 61.1 Å². The van der Waals surface area contributed by atoms with Crippen molar-refractivity contribution in [3.63, 3.8) is 0 Å². The van der Waals surface area contributed by atoms with Crippen LogP contribution >= 0.6 is 0 Å². The summed E-state index contributed by atoms with van der Waals surface area (Å²) in [6.45, 7) is 25.2. The van der Waals surface area contributed by atoms with E-state index in [1.165, 1.54) is 82.8 Å². The number of hydrogen-bond donors (Lipinski definition) is 5. The van der Waals surface area contributed by atoms with Gasteiger partial charge in [-0.1, -0.05) is 88.3 Å². The molecule has 6 N–H and O–H groups in total. The molecule has 0 bridgehead atoms. The first-order valence-corrected chi connectivity index (χ1v) is 27.6. The number of primary amides is 1. The van der Waals surface area contributed by atoms with Gasteiger partial charge in [-0.15, -0.1) is 0 Å². The van der Waals surface area contributed by atoms with Crippen LogP contribution in [-0.2, 0) is 52.7 Å². The minimum Gasteiger partial charge on any atom is -0.390 e. The van der Waals surface area contributed by atoms with Crippen molar-refractivity contribution in [3.05, 3.63) is 12.2 Å². The highest BCUT2D eigenvalue weighted by molar-refractivity contribution is 5.98. The summed E-state index contributed by atoms with van der Waals surface area (Å²) in [6.07, 6.45) is 2.77. The second-order valence-electron chi connectivity index (χ2n) is 23.0. The van der Waals surface area contributed by atoms with Crippen LogP contribution in [0.15, 0.2) is 12.2 Å². The molecule has 0 aliphatic rings. The van der Waals surface area contributed by atoms with Gasteiger partial charge in [0.15, 0.2) is 0 Å². The fourth-order valence-electron chi connectivity index (χ4n) is 8.92. The van der Waals surface area contributed by atoms with Crippen molar-refractivity contribution < 1.29 is 57.8 Å². The first-order valence-electron chi connectivity index (χ1n) is 27.6. The maximum absolute atomic E-state index is 15.0. The molecule has 0 aliphatic carbocycles. The largest absolute Gasteiger partial charge is 0.390 e. The molecule has 0 fully saturated rings. The number of hydrogen-bond acceptors (Lipinski definition) is 12. The molecule has 11 amide bonds. The summed E-state index contributed by atoms with van der Waals surface area (Å²) in [4.78, 5) is 159. The zero-order valence-corrected chi connectivity index (χ0v) is 51.7. The number of aliphatic hydroxyl groups is 1. The van der Waals surface area contributed by atoms with Crippen LogP contribution < -0.4 is 21.7 Å². The van der Waals surface area contributed by atoms with Crippen molar-refractivity contribution >= 4 is 65.0 Å². The van der Waals surface area contributed by atoms with Crippen LogP contribution in [0.4, 0.5) is 0 Å². The second kappa shape index (κ2) is 33.5. The Hall–Kier alpha value is -6.13. The molecule has 0 aromatic carbocycles.